The number of rotatable bonds is 6. The first-order valence-corrected chi connectivity index (χ1v) is 12.8. The third kappa shape index (κ3) is 5.04. The summed E-state index contributed by atoms with van der Waals surface area (Å²) in [6.45, 7) is 4.47. The Bertz CT molecular complexity index is 1040. The molecule has 2 aromatic rings. The zero-order valence-corrected chi connectivity index (χ0v) is 18.6. The number of hydrogen-bond donors (Lipinski definition) is 2. The molecule has 0 radical (unpaired) electrons. The predicted octanol–water partition coefficient (Wildman–Crippen LogP) is 2.66. The van der Waals surface area contributed by atoms with E-state index in [4.69, 9.17) is 10.5 Å². The monoisotopic (exact) mass is 443 g/mol. The molecule has 3 rings (SSSR count). The van der Waals surface area contributed by atoms with Crippen LogP contribution in [0.3, 0.4) is 0 Å². The standard InChI is InChI=1S/C23H27FN3O3P/c1-31(2,29)20-8-6-16(7-9-20)17-4-5-18(21(24)13-17)12-19(14-25)23(22(26)28)15-27-10-3-11-30-23/h4-9,13,19,27H,3,10-12,15H2,1-2H3,(H2,26,28)/t19-,23?/m0/s1. The molecule has 3 N–H and O–H groups in total. The van der Waals surface area contributed by atoms with Crippen LogP contribution in [-0.4, -0.2) is 44.5 Å². The highest BCUT2D eigenvalue weighted by atomic mass is 31.2. The molecule has 0 spiro atoms. The van der Waals surface area contributed by atoms with Crippen LogP contribution in [0.2, 0.25) is 0 Å². The van der Waals surface area contributed by atoms with Gasteiger partial charge in [0.2, 0.25) is 0 Å². The van der Waals surface area contributed by atoms with E-state index in [1.807, 2.05) is 12.1 Å². The Morgan fingerprint density at radius 1 is 1.29 bits per heavy atom. The summed E-state index contributed by atoms with van der Waals surface area (Å²) in [6.07, 6.45) is 0.696. The number of nitriles is 1. The molecule has 0 aromatic heterocycles. The van der Waals surface area contributed by atoms with Crippen LogP contribution in [0.15, 0.2) is 42.5 Å². The van der Waals surface area contributed by atoms with Gasteiger partial charge in [-0.15, -0.1) is 0 Å². The lowest BCUT2D eigenvalue weighted by Crippen LogP contribution is -2.57. The van der Waals surface area contributed by atoms with Gasteiger partial charge in [-0.05, 0) is 55.5 Å². The minimum absolute atomic E-state index is 0.00101. The van der Waals surface area contributed by atoms with Crippen molar-refractivity contribution in [2.24, 2.45) is 11.7 Å². The van der Waals surface area contributed by atoms with E-state index in [2.05, 4.69) is 11.4 Å². The Balaban J connectivity index is 1.86. The minimum Gasteiger partial charge on any atom is -0.367 e. The fraction of sp³-hybridized carbons (Fsp3) is 0.391. The molecule has 31 heavy (non-hydrogen) atoms. The molecule has 0 saturated carbocycles. The smallest absolute Gasteiger partial charge is 0.252 e. The molecule has 8 heteroatoms. The highest BCUT2D eigenvalue weighted by molar-refractivity contribution is 7.70. The first kappa shape index (κ1) is 23.1. The zero-order chi connectivity index (χ0) is 22.6. The largest absolute Gasteiger partial charge is 0.367 e. The SMILES string of the molecule is CP(C)(=O)c1ccc(-c2ccc(C[C@@H](C#N)C3(C(N)=O)CNCCCO3)c(F)c2)cc1. The van der Waals surface area contributed by atoms with Crippen LogP contribution in [0.4, 0.5) is 4.39 Å². The van der Waals surface area contributed by atoms with Crippen molar-refractivity contribution in [2.75, 3.05) is 33.0 Å². The number of amides is 1. The molecule has 1 aliphatic rings. The van der Waals surface area contributed by atoms with Crippen LogP contribution >= 0.6 is 7.14 Å². The maximum absolute atomic E-state index is 14.9. The van der Waals surface area contributed by atoms with E-state index in [0.29, 0.717) is 30.7 Å². The molecule has 164 valence electrons. The van der Waals surface area contributed by atoms with E-state index in [1.54, 1.807) is 37.6 Å². The lowest BCUT2D eigenvalue weighted by atomic mass is 9.82. The lowest BCUT2D eigenvalue weighted by molar-refractivity contribution is -0.147. The van der Waals surface area contributed by atoms with E-state index in [1.165, 1.54) is 6.07 Å². The Labute approximate surface area is 182 Å². The molecule has 1 amide bonds. The quantitative estimate of drug-likeness (QED) is 0.668. The molecule has 1 heterocycles. The molecular formula is C23H27FN3O3P. The highest BCUT2D eigenvalue weighted by Crippen LogP contribution is 2.35. The lowest BCUT2D eigenvalue weighted by Gasteiger charge is -2.33. The Kier molecular flexibility index (Phi) is 6.96. The number of hydrogen-bond acceptors (Lipinski definition) is 5. The molecule has 6 nitrogen and oxygen atoms in total. The average Bonchev–Trinajstić information content (AvgIpc) is 2.99. The van der Waals surface area contributed by atoms with Crippen LogP contribution in [-0.2, 0) is 20.5 Å². The average molecular weight is 443 g/mol. The van der Waals surface area contributed by atoms with Gasteiger partial charge in [-0.2, -0.15) is 5.26 Å². The third-order valence-electron chi connectivity index (χ3n) is 5.68. The molecular weight excluding hydrogens is 416 g/mol. The third-order valence-corrected chi connectivity index (χ3v) is 7.22. The Hall–Kier alpha value is -2.52. The summed E-state index contributed by atoms with van der Waals surface area (Å²) >= 11 is 0. The van der Waals surface area contributed by atoms with Crippen LogP contribution in [0.1, 0.15) is 12.0 Å². The van der Waals surface area contributed by atoms with Crippen LogP contribution < -0.4 is 16.4 Å². The number of ether oxygens (including phenoxy) is 1. The molecule has 2 atom stereocenters. The molecule has 1 saturated heterocycles. The molecule has 1 fully saturated rings. The fourth-order valence-electron chi connectivity index (χ4n) is 3.77. The number of nitrogens with one attached hydrogen (secondary N) is 1. The van der Waals surface area contributed by atoms with Gasteiger partial charge in [0.15, 0.2) is 5.60 Å². The normalized spacial score (nSPS) is 20.5. The van der Waals surface area contributed by atoms with Crippen LogP contribution in [0.25, 0.3) is 11.1 Å². The van der Waals surface area contributed by atoms with E-state index in [9.17, 15) is 19.0 Å². The van der Waals surface area contributed by atoms with Crippen LogP contribution in [0.5, 0.6) is 0 Å². The summed E-state index contributed by atoms with van der Waals surface area (Å²) in [4.78, 5) is 12.2. The number of nitrogens with zero attached hydrogens (tertiary/aromatic N) is 1. The zero-order valence-electron chi connectivity index (χ0n) is 17.7. The molecule has 1 aliphatic heterocycles. The van der Waals surface area contributed by atoms with Crippen molar-refractivity contribution in [2.45, 2.75) is 18.4 Å². The number of carbonyl (C=O) groups is 1. The second kappa shape index (κ2) is 9.32. The Morgan fingerprint density at radius 3 is 2.55 bits per heavy atom. The van der Waals surface area contributed by atoms with Gasteiger partial charge in [0.1, 0.15) is 13.0 Å². The minimum atomic E-state index is -2.36. The number of primary amides is 1. The van der Waals surface area contributed by atoms with Gasteiger partial charge in [-0.3, -0.25) is 4.79 Å². The van der Waals surface area contributed by atoms with Crippen molar-refractivity contribution in [3.63, 3.8) is 0 Å². The van der Waals surface area contributed by atoms with Gasteiger partial charge in [0.25, 0.3) is 5.91 Å². The van der Waals surface area contributed by atoms with Crippen molar-refractivity contribution < 1.29 is 18.5 Å². The number of halogens is 1. The van der Waals surface area contributed by atoms with Crippen molar-refractivity contribution in [1.82, 2.24) is 5.32 Å². The number of benzene rings is 2. The second-order valence-corrected chi connectivity index (χ2v) is 11.4. The van der Waals surface area contributed by atoms with Gasteiger partial charge in [0.05, 0.1) is 12.0 Å². The van der Waals surface area contributed by atoms with Crippen molar-refractivity contribution in [1.29, 1.82) is 5.26 Å². The summed E-state index contributed by atoms with van der Waals surface area (Å²) in [7, 11) is -2.36. The fourth-order valence-corrected chi connectivity index (χ4v) is 4.64. The summed E-state index contributed by atoms with van der Waals surface area (Å²) in [6, 6.07) is 14.1. The van der Waals surface area contributed by atoms with Gasteiger partial charge >= 0.3 is 0 Å². The van der Waals surface area contributed by atoms with E-state index >= 15 is 0 Å². The first-order valence-electron chi connectivity index (χ1n) is 10.2. The molecule has 2 aromatic carbocycles. The van der Waals surface area contributed by atoms with Crippen molar-refractivity contribution >= 4 is 18.4 Å². The summed E-state index contributed by atoms with van der Waals surface area (Å²) in [5, 5.41) is 13.6. The molecule has 0 bridgehead atoms. The maximum atomic E-state index is 14.9. The number of nitrogens with two attached hydrogens (primary N) is 1. The summed E-state index contributed by atoms with van der Waals surface area (Å²) < 4.78 is 32.9. The van der Waals surface area contributed by atoms with E-state index < -0.39 is 30.4 Å². The molecule has 1 unspecified atom stereocenters. The van der Waals surface area contributed by atoms with Gasteiger partial charge in [-0.25, -0.2) is 4.39 Å². The predicted molar refractivity (Wildman–Crippen MR) is 119 cm³/mol. The van der Waals surface area contributed by atoms with Gasteiger partial charge in [0, 0.05) is 18.5 Å². The summed E-state index contributed by atoms with van der Waals surface area (Å²) in [5.74, 6) is -2.13. The molecule has 0 aliphatic carbocycles. The van der Waals surface area contributed by atoms with Crippen molar-refractivity contribution in [3.05, 3.63) is 53.8 Å². The first-order chi connectivity index (χ1) is 14.7. The van der Waals surface area contributed by atoms with E-state index in [0.717, 1.165) is 10.9 Å². The Morgan fingerprint density at radius 2 is 1.97 bits per heavy atom. The highest BCUT2D eigenvalue weighted by Gasteiger charge is 2.46. The van der Waals surface area contributed by atoms with Gasteiger partial charge in [-0.1, -0.05) is 36.4 Å². The van der Waals surface area contributed by atoms with E-state index in [-0.39, 0.29) is 13.0 Å². The topological polar surface area (TPSA) is 105 Å². The second-order valence-electron chi connectivity index (χ2n) is 8.22. The number of carbonyl (C=O) groups excluding carboxylic acids is 1. The summed E-state index contributed by atoms with van der Waals surface area (Å²) in [5.41, 5.74) is 5.89. The van der Waals surface area contributed by atoms with Crippen LogP contribution in [0, 0.1) is 23.1 Å². The van der Waals surface area contributed by atoms with Gasteiger partial charge < -0.3 is 20.4 Å². The maximum Gasteiger partial charge on any atom is 0.252 e. The van der Waals surface area contributed by atoms with Crippen molar-refractivity contribution in [3.8, 4) is 17.2 Å².